The Morgan fingerprint density at radius 1 is 0.520 bits per heavy atom. The van der Waals surface area contributed by atoms with E-state index in [1.165, 1.54) is 67.9 Å². The Bertz CT molecular complexity index is 1310. The van der Waals surface area contributed by atoms with Crippen LogP contribution in [0.15, 0.2) is 72.8 Å². The van der Waals surface area contributed by atoms with Gasteiger partial charge >= 0.3 is 0 Å². The van der Waals surface area contributed by atoms with Crippen molar-refractivity contribution in [1.82, 2.24) is 0 Å². The molecular formula is C25H18. The number of aryl methyl sites for hydroxylation is 2. The van der Waals surface area contributed by atoms with Crippen molar-refractivity contribution in [2.75, 3.05) is 0 Å². The highest BCUT2D eigenvalue weighted by atomic mass is 14.2. The molecule has 0 bridgehead atoms. The van der Waals surface area contributed by atoms with Gasteiger partial charge in [0.2, 0.25) is 0 Å². The molecule has 0 heterocycles. The Morgan fingerprint density at radius 2 is 1.32 bits per heavy atom. The Morgan fingerprint density at radius 3 is 2.24 bits per heavy atom. The van der Waals surface area contributed by atoms with Gasteiger partial charge in [0, 0.05) is 0 Å². The van der Waals surface area contributed by atoms with E-state index in [0.29, 0.717) is 0 Å². The fraction of sp³-hybridized carbons (Fsp3) is 0.120. The van der Waals surface area contributed by atoms with E-state index < -0.39 is 0 Å². The van der Waals surface area contributed by atoms with E-state index in [-0.39, 0.29) is 0 Å². The maximum absolute atomic E-state index is 2.42. The zero-order valence-electron chi connectivity index (χ0n) is 14.0. The normalized spacial score (nSPS) is 13.9. The summed E-state index contributed by atoms with van der Waals surface area (Å²) in [6.45, 7) is 0. The maximum atomic E-state index is 2.42. The zero-order chi connectivity index (χ0) is 16.4. The van der Waals surface area contributed by atoms with Gasteiger partial charge in [0.15, 0.2) is 0 Å². The van der Waals surface area contributed by atoms with Gasteiger partial charge in [-0.3, -0.25) is 0 Å². The van der Waals surface area contributed by atoms with Crippen LogP contribution >= 0.6 is 0 Å². The molecule has 6 rings (SSSR count). The number of hydrogen-bond acceptors (Lipinski definition) is 0. The van der Waals surface area contributed by atoms with Crippen LogP contribution in [0.25, 0.3) is 43.1 Å². The average Bonchev–Trinajstić information content (AvgIpc) is 2.67. The average molecular weight is 318 g/mol. The summed E-state index contributed by atoms with van der Waals surface area (Å²) in [7, 11) is 0. The standard InChI is InChI=1S/C25H18/c1-2-6-18-14-23-19(13-17(18)5-1)11-12-21-22-10-4-8-16-7-3-9-20(25(16)22)15-24(21)23/h1-3,5-7,9,11-15H,4,8,10H2. The van der Waals surface area contributed by atoms with Gasteiger partial charge in [-0.1, -0.05) is 54.6 Å². The lowest BCUT2D eigenvalue weighted by Crippen LogP contribution is -2.02. The second-order valence-corrected chi connectivity index (χ2v) is 7.31. The van der Waals surface area contributed by atoms with Crippen molar-refractivity contribution in [2.24, 2.45) is 0 Å². The van der Waals surface area contributed by atoms with Crippen LogP contribution in [0.2, 0.25) is 0 Å². The van der Waals surface area contributed by atoms with Crippen LogP contribution in [0.3, 0.4) is 0 Å². The molecule has 0 unspecified atom stereocenters. The van der Waals surface area contributed by atoms with E-state index in [9.17, 15) is 0 Å². The summed E-state index contributed by atoms with van der Waals surface area (Å²) < 4.78 is 0. The van der Waals surface area contributed by atoms with Crippen LogP contribution in [0.5, 0.6) is 0 Å². The smallest absolute Gasteiger partial charge is 0.00960 e. The third-order valence-corrected chi connectivity index (χ3v) is 5.91. The number of rotatable bonds is 0. The molecule has 0 heteroatoms. The number of fused-ring (bicyclic) bond motifs is 5. The molecule has 0 fully saturated rings. The van der Waals surface area contributed by atoms with Gasteiger partial charge in [-0.2, -0.15) is 0 Å². The summed E-state index contributed by atoms with van der Waals surface area (Å²) in [5.74, 6) is 0. The summed E-state index contributed by atoms with van der Waals surface area (Å²) in [4.78, 5) is 0. The topological polar surface area (TPSA) is 0 Å². The molecule has 0 saturated carbocycles. The monoisotopic (exact) mass is 318 g/mol. The van der Waals surface area contributed by atoms with Crippen LogP contribution in [-0.4, -0.2) is 0 Å². The van der Waals surface area contributed by atoms with Crippen molar-refractivity contribution < 1.29 is 0 Å². The first-order chi connectivity index (χ1) is 12.4. The summed E-state index contributed by atoms with van der Waals surface area (Å²) in [5.41, 5.74) is 3.09. The molecule has 0 amide bonds. The molecule has 0 aromatic heterocycles. The van der Waals surface area contributed by atoms with Crippen molar-refractivity contribution in [1.29, 1.82) is 0 Å². The number of benzene rings is 5. The molecule has 5 aromatic carbocycles. The molecule has 0 N–H and O–H groups in total. The molecule has 5 aromatic rings. The largest absolute Gasteiger partial charge is 0.0616 e. The maximum Gasteiger partial charge on any atom is -0.00960 e. The predicted octanol–water partition coefficient (Wildman–Crippen LogP) is 6.79. The molecular weight excluding hydrogens is 300 g/mol. The highest BCUT2D eigenvalue weighted by molar-refractivity contribution is 6.17. The first kappa shape index (κ1) is 13.4. The molecule has 25 heavy (non-hydrogen) atoms. The van der Waals surface area contributed by atoms with Crippen molar-refractivity contribution in [3.05, 3.63) is 83.9 Å². The van der Waals surface area contributed by atoms with Gasteiger partial charge in [0.25, 0.3) is 0 Å². The van der Waals surface area contributed by atoms with E-state index in [4.69, 9.17) is 0 Å². The van der Waals surface area contributed by atoms with Gasteiger partial charge in [-0.25, -0.2) is 0 Å². The summed E-state index contributed by atoms with van der Waals surface area (Å²) >= 11 is 0. The first-order valence-electron chi connectivity index (χ1n) is 9.17. The van der Waals surface area contributed by atoms with Crippen LogP contribution < -0.4 is 0 Å². The van der Waals surface area contributed by atoms with E-state index in [1.54, 1.807) is 5.56 Å². The van der Waals surface area contributed by atoms with Crippen LogP contribution in [-0.2, 0) is 12.8 Å². The van der Waals surface area contributed by atoms with E-state index in [0.717, 1.165) is 0 Å². The van der Waals surface area contributed by atoms with Crippen molar-refractivity contribution in [2.45, 2.75) is 19.3 Å². The van der Waals surface area contributed by atoms with Crippen LogP contribution in [0, 0.1) is 0 Å². The van der Waals surface area contributed by atoms with Gasteiger partial charge in [0.05, 0.1) is 0 Å². The number of hydrogen-bond donors (Lipinski definition) is 0. The van der Waals surface area contributed by atoms with Crippen molar-refractivity contribution >= 4 is 43.1 Å². The van der Waals surface area contributed by atoms with E-state index in [2.05, 4.69) is 72.8 Å². The lowest BCUT2D eigenvalue weighted by atomic mass is 9.84. The minimum absolute atomic E-state index is 1.20. The van der Waals surface area contributed by atoms with E-state index in [1.807, 2.05) is 0 Å². The van der Waals surface area contributed by atoms with Crippen LogP contribution in [0.1, 0.15) is 17.5 Å². The Balaban J connectivity index is 1.85. The second-order valence-electron chi connectivity index (χ2n) is 7.31. The molecule has 0 atom stereocenters. The van der Waals surface area contributed by atoms with Gasteiger partial charge in [-0.05, 0) is 91.7 Å². The van der Waals surface area contributed by atoms with Crippen molar-refractivity contribution in [3.63, 3.8) is 0 Å². The molecule has 0 nitrogen and oxygen atoms in total. The Labute approximate surface area is 146 Å². The molecule has 118 valence electrons. The van der Waals surface area contributed by atoms with Gasteiger partial charge < -0.3 is 0 Å². The lowest BCUT2D eigenvalue weighted by Gasteiger charge is -2.20. The van der Waals surface area contributed by atoms with Crippen LogP contribution in [0.4, 0.5) is 0 Å². The quantitative estimate of drug-likeness (QED) is 0.218. The fourth-order valence-corrected chi connectivity index (χ4v) is 4.78. The summed E-state index contributed by atoms with van der Waals surface area (Å²) in [6.07, 6.45) is 3.68. The molecule has 0 radical (unpaired) electrons. The third-order valence-electron chi connectivity index (χ3n) is 5.91. The zero-order valence-corrected chi connectivity index (χ0v) is 14.0. The second kappa shape index (κ2) is 4.83. The predicted molar refractivity (Wildman–Crippen MR) is 108 cm³/mol. The molecule has 0 saturated heterocycles. The van der Waals surface area contributed by atoms with Gasteiger partial charge in [0.1, 0.15) is 0 Å². The fourth-order valence-electron chi connectivity index (χ4n) is 4.78. The molecule has 1 aliphatic rings. The lowest BCUT2D eigenvalue weighted by molar-refractivity contribution is 0.813. The Kier molecular flexibility index (Phi) is 2.59. The van der Waals surface area contributed by atoms with E-state index >= 15 is 0 Å². The minimum Gasteiger partial charge on any atom is -0.0616 e. The third kappa shape index (κ3) is 1.83. The molecule has 0 aliphatic heterocycles. The first-order valence-corrected chi connectivity index (χ1v) is 9.17. The SMILES string of the molecule is c1ccc2cc3c(ccc4c5c6c(cccc6cc43)CCC5)cc2c1. The highest BCUT2D eigenvalue weighted by Crippen LogP contribution is 2.39. The van der Waals surface area contributed by atoms with Gasteiger partial charge in [-0.15, -0.1) is 0 Å². The summed E-state index contributed by atoms with van der Waals surface area (Å²) in [5, 5.41) is 11.1. The highest BCUT2D eigenvalue weighted by Gasteiger charge is 2.16. The van der Waals surface area contributed by atoms with Crippen molar-refractivity contribution in [3.8, 4) is 0 Å². The molecule has 1 aliphatic carbocycles. The minimum atomic E-state index is 1.20. The Hall–Kier alpha value is -2.86. The molecule has 0 spiro atoms. The summed E-state index contributed by atoms with van der Waals surface area (Å²) in [6, 6.07) is 27.3.